The zero-order valence-electron chi connectivity index (χ0n) is 16.0. The number of aryl methyl sites for hydroxylation is 1. The van der Waals surface area contributed by atoms with Crippen LogP contribution >= 0.6 is 0 Å². The minimum Gasteiger partial charge on any atom is -0.409 e. The molecule has 152 valence electrons. The number of hydrogen-bond acceptors (Lipinski definition) is 5. The number of nitrogens with two attached hydrogens (primary N) is 2. The summed E-state index contributed by atoms with van der Waals surface area (Å²) in [7, 11) is 0. The van der Waals surface area contributed by atoms with E-state index in [-0.39, 0.29) is 11.3 Å². The van der Waals surface area contributed by atoms with Gasteiger partial charge in [-0.2, -0.15) is 0 Å². The molecular weight excluding hydrogens is 372 g/mol. The number of benzene rings is 1. The molecule has 8 heteroatoms. The van der Waals surface area contributed by atoms with E-state index >= 15 is 0 Å². The number of hydrogen-bond donors (Lipinski definition) is 2. The summed E-state index contributed by atoms with van der Waals surface area (Å²) in [5, 5.41) is 0. The van der Waals surface area contributed by atoms with Crippen LogP contribution in [-0.4, -0.2) is 40.9 Å². The summed E-state index contributed by atoms with van der Waals surface area (Å²) in [4.78, 5) is 40.4. The molecule has 0 aliphatic carbocycles. The third-order valence-electron chi connectivity index (χ3n) is 5.13. The third-order valence-corrected chi connectivity index (χ3v) is 5.13. The molecule has 1 aromatic carbocycles. The number of likely N-dealkylation sites (tertiary alicyclic amines) is 1. The molecule has 0 atom stereocenters. The van der Waals surface area contributed by atoms with Crippen molar-refractivity contribution >= 4 is 17.9 Å². The van der Waals surface area contributed by atoms with Crippen molar-refractivity contribution in [3.63, 3.8) is 0 Å². The van der Waals surface area contributed by atoms with Crippen LogP contribution in [0.3, 0.4) is 0 Å². The first-order chi connectivity index (χ1) is 13.9. The highest BCUT2D eigenvalue weighted by Crippen LogP contribution is 2.24. The molecule has 1 saturated heterocycles. The van der Waals surface area contributed by atoms with Crippen LogP contribution in [0.2, 0.25) is 0 Å². The standard InChI is InChI=1S/C21H24N4O4/c22-19(26)16-3-1-2-15(10-16)5-4-14-6-8-25(9-7-14)21(28)29-18-11-17(20(23)27)12-24-13-18/h1-3,10-14H,4-9H2,(H2,22,26)(H2,23,27). The highest BCUT2D eigenvalue weighted by Gasteiger charge is 2.24. The lowest BCUT2D eigenvalue weighted by Gasteiger charge is -2.31. The molecule has 3 rings (SSSR count). The van der Waals surface area contributed by atoms with E-state index in [1.165, 1.54) is 18.5 Å². The van der Waals surface area contributed by atoms with Gasteiger partial charge in [0.1, 0.15) is 0 Å². The van der Waals surface area contributed by atoms with Gasteiger partial charge < -0.3 is 21.1 Å². The zero-order chi connectivity index (χ0) is 20.8. The van der Waals surface area contributed by atoms with E-state index in [9.17, 15) is 14.4 Å². The molecule has 4 N–H and O–H groups in total. The van der Waals surface area contributed by atoms with Crippen molar-refractivity contribution < 1.29 is 19.1 Å². The van der Waals surface area contributed by atoms with Gasteiger partial charge in [0.15, 0.2) is 5.75 Å². The highest BCUT2D eigenvalue weighted by molar-refractivity contribution is 5.93. The lowest BCUT2D eigenvalue weighted by molar-refractivity contribution is 0.0991. The van der Waals surface area contributed by atoms with Crippen molar-refractivity contribution in [2.75, 3.05) is 13.1 Å². The van der Waals surface area contributed by atoms with Crippen LogP contribution in [0.4, 0.5) is 4.79 Å². The topological polar surface area (TPSA) is 129 Å². The van der Waals surface area contributed by atoms with Crippen LogP contribution in [-0.2, 0) is 6.42 Å². The normalized spacial score (nSPS) is 14.4. The van der Waals surface area contributed by atoms with E-state index in [1.54, 1.807) is 11.0 Å². The molecule has 0 bridgehead atoms. The van der Waals surface area contributed by atoms with Gasteiger partial charge in [-0.1, -0.05) is 12.1 Å². The number of pyridine rings is 1. The van der Waals surface area contributed by atoms with E-state index in [2.05, 4.69) is 4.98 Å². The lowest BCUT2D eigenvalue weighted by Crippen LogP contribution is -2.40. The third kappa shape index (κ3) is 5.54. The number of rotatable bonds is 6. The average Bonchev–Trinajstić information content (AvgIpc) is 2.73. The van der Waals surface area contributed by atoms with Crippen molar-refractivity contribution in [2.24, 2.45) is 17.4 Å². The molecular formula is C21H24N4O4. The maximum absolute atomic E-state index is 12.4. The van der Waals surface area contributed by atoms with Gasteiger partial charge >= 0.3 is 6.09 Å². The molecule has 1 fully saturated rings. The Hall–Kier alpha value is -3.42. The molecule has 8 nitrogen and oxygen atoms in total. The Kier molecular flexibility index (Phi) is 6.43. The fraction of sp³-hybridized carbons (Fsp3) is 0.333. The summed E-state index contributed by atoms with van der Waals surface area (Å²) >= 11 is 0. The number of piperidine rings is 1. The Bertz CT molecular complexity index is 907. The molecule has 29 heavy (non-hydrogen) atoms. The lowest BCUT2D eigenvalue weighted by atomic mass is 9.90. The zero-order valence-corrected chi connectivity index (χ0v) is 16.0. The van der Waals surface area contributed by atoms with Crippen molar-refractivity contribution in [3.8, 4) is 5.75 Å². The smallest absolute Gasteiger partial charge is 0.409 e. The van der Waals surface area contributed by atoms with Crippen LogP contribution in [0.25, 0.3) is 0 Å². The molecule has 3 amide bonds. The maximum atomic E-state index is 12.4. The molecule has 1 aromatic heterocycles. The summed E-state index contributed by atoms with van der Waals surface area (Å²) in [5.74, 6) is -0.355. The largest absolute Gasteiger partial charge is 0.415 e. The molecule has 0 saturated carbocycles. The monoisotopic (exact) mass is 396 g/mol. The quantitative estimate of drug-likeness (QED) is 0.773. The first kappa shape index (κ1) is 20.3. The number of carbonyl (C=O) groups is 3. The van der Waals surface area contributed by atoms with Crippen molar-refractivity contribution in [1.82, 2.24) is 9.88 Å². The summed E-state index contributed by atoms with van der Waals surface area (Å²) < 4.78 is 5.32. The summed E-state index contributed by atoms with van der Waals surface area (Å²) in [6, 6.07) is 8.79. The van der Waals surface area contributed by atoms with E-state index in [4.69, 9.17) is 16.2 Å². The summed E-state index contributed by atoms with van der Waals surface area (Å²) in [5.41, 5.74) is 12.3. The number of carbonyl (C=O) groups excluding carboxylic acids is 3. The highest BCUT2D eigenvalue weighted by atomic mass is 16.6. The van der Waals surface area contributed by atoms with Gasteiger partial charge in [0, 0.05) is 24.8 Å². The SMILES string of the molecule is NC(=O)c1cccc(CCC2CCN(C(=O)Oc3cncc(C(N)=O)c3)CC2)c1. The van der Waals surface area contributed by atoms with Crippen LogP contribution in [0.15, 0.2) is 42.7 Å². The van der Waals surface area contributed by atoms with Gasteiger partial charge in [0.25, 0.3) is 0 Å². The second-order valence-corrected chi connectivity index (χ2v) is 7.18. The Morgan fingerprint density at radius 2 is 1.76 bits per heavy atom. The van der Waals surface area contributed by atoms with E-state index in [1.807, 2.05) is 18.2 Å². The second kappa shape index (κ2) is 9.18. The van der Waals surface area contributed by atoms with E-state index in [0.29, 0.717) is 24.6 Å². The number of amides is 3. The fourth-order valence-corrected chi connectivity index (χ4v) is 3.43. The van der Waals surface area contributed by atoms with Gasteiger partial charge in [0.2, 0.25) is 11.8 Å². The van der Waals surface area contributed by atoms with Gasteiger partial charge in [0.05, 0.1) is 11.8 Å². The van der Waals surface area contributed by atoms with E-state index < -0.39 is 17.9 Å². The van der Waals surface area contributed by atoms with Crippen LogP contribution in [0.5, 0.6) is 5.75 Å². The van der Waals surface area contributed by atoms with Crippen LogP contribution < -0.4 is 16.2 Å². The van der Waals surface area contributed by atoms with Gasteiger partial charge in [-0.3, -0.25) is 14.6 Å². The summed E-state index contributed by atoms with van der Waals surface area (Å²) in [6.45, 7) is 1.21. The number of primary amides is 2. The number of nitrogens with zero attached hydrogens (tertiary/aromatic N) is 2. The molecule has 0 unspecified atom stereocenters. The maximum Gasteiger partial charge on any atom is 0.415 e. The average molecular weight is 396 g/mol. The molecule has 0 spiro atoms. The molecule has 0 radical (unpaired) electrons. The Labute approximate surface area is 168 Å². The van der Waals surface area contributed by atoms with Crippen LogP contribution in [0, 0.1) is 5.92 Å². The Morgan fingerprint density at radius 1 is 1.03 bits per heavy atom. The van der Waals surface area contributed by atoms with Crippen molar-refractivity contribution in [3.05, 3.63) is 59.4 Å². The van der Waals surface area contributed by atoms with Gasteiger partial charge in [-0.25, -0.2) is 4.79 Å². The first-order valence-electron chi connectivity index (χ1n) is 9.52. The summed E-state index contributed by atoms with van der Waals surface area (Å²) in [6.07, 6.45) is 5.84. The molecule has 2 heterocycles. The van der Waals surface area contributed by atoms with Gasteiger partial charge in [-0.15, -0.1) is 0 Å². The number of ether oxygens (including phenoxy) is 1. The van der Waals surface area contributed by atoms with Gasteiger partial charge in [-0.05, 0) is 55.4 Å². The molecule has 2 aromatic rings. The Morgan fingerprint density at radius 3 is 2.45 bits per heavy atom. The number of aromatic nitrogens is 1. The minimum absolute atomic E-state index is 0.189. The van der Waals surface area contributed by atoms with Crippen molar-refractivity contribution in [1.29, 1.82) is 0 Å². The van der Waals surface area contributed by atoms with E-state index in [0.717, 1.165) is 31.2 Å². The Balaban J connectivity index is 1.47. The van der Waals surface area contributed by atoms with Crippen LogP contribution in [0.1, 0.15) is 45.5 Å². The minimum atomic E-state index is -0.627. The molecule has 1 aliphatic rings. The van der Waals surface area contributed by atoms with Crippen molar-refractivity contribution in [2.45, 2.75) is 25.7 Å². The molecule has 1 aliphatic heterocycles. The predicted molar refractivity (Wildman–Crippen MR) is 106 cm³/mol. The second-order valence-electron chi connectivity index (χ2n) is 7.18. The predicted octanol–water partition coefficient (Wildman–Crippen LogP) is 2.12. The fourth-order valence-electron chi connectivity index (χ4n) is 3.43. The first-order valence-corrected chi connectivity index (χ1v) is 9.52.